The number of likely N-dealkylation sites (N-methyl/N-ethyl adjacent to an activating group) is 1. The Balaban J connectivity index is 2.33. The van der Waals surface area contributed by atoms with Gasteiger partial charge >= 0.3 is 0 Å². The monoisotopic (exact) mass is 209 g/mol. The van der Waals surface area contributed by atoms with Gasteiger partial charge in [-0.3, -0.25) is 9.69 Å². The summed E-state index contributed by atoms with van der Waals surface area (Å²) in [4.78, 5) is 14.0. The van der Waals surface area contributed by atoms with E-state index in [4.69, 9.17) is 0 Å². The molecule has 3 atom stereocenters. The van der Waals surface area contributed by atoms with Crippen molar-refractivity contribution in [3.63, 3.8) is 0 Å². The summed E-state index contributed by atoms with van der Waals surface area (Å²) in [6.45, 7) is 6.48. The molecule has 2 heteroatoms. The van der Waals surface area contributed by atoms with Gasteiger partial charge in [0.15, 0.2) is 0 Å². The van der Waals surface area contributed by atoms with Gasteiger partial charge in [-0.05, 0) is 45.6 Å². The average molecular weight is 209 g/mol. The third-order valence-electron chi connectivity index (χ3n) is 5.30. The zero-order chi connectivity index (χ0) is 11.3. The Hall–Kier alpha value is -0.370. The van der Waals surface area contributed by atoms with Crippen molar-refractivity contribution in [3.8, 4) is 0 Å². The molecule has 0 spiro atoms. The Labute approximate surface area is 93.0 Å². The third kappa shape index (κ3) is 1.37. The zero-order valence-corrected chi connectivity index (χ0v) is 10.5. The van der Waals surface area contributed by atoms with Crippen LogP contribution in [0, 0.1) is 5.41 Å². The van der Waals surface area contributed by atoms with Gasteiger partial charge in [0.2, 0.25) is 0 Å². The number of rotatable bonds is 1. The summed E-state index contributed by atoms with van der Waals surface area (Å²) in [5.41, 5.74) is 0.609. The van der Waals surface area contributed by atoms with Gasteiger partial charge in [0.25, 0.3) is 0 Å². The zero-order valence-electron chi connectivity index (χ0n) is 10.5. The van der Waals surface area contributed by atoms with Gasteiger partial charge in [-0.1, -0.05) is 19.8 Å². The summed E-state index contributed by atoms with van der Waals surface area (Å²) in [7, 11) is 2.14. The van der Waals surface area contributed by atoms with Crippen LogP contribution in [0.3, 0.4) is 0 Å². The van der Waals surface area contributed by atoms with Crippen molar-refractivity contribution in [2.75, 3.05) is 7.05 Å². The summed E-state index contributed by atoms with van der Waals surface area (Å²) in [6.07, 6.45) is 6.27. The SMILES string of the molecule is CC(=O)[C@H]1C[C@@]2(C)CCCC[C@@]2(C)N1C. The van der Waals surface area contributed by atoms with E-state index in [0.717, 1.165) is 6.42 Å². The van der Waals surface area contributed by atoms with Gasteiger partial charge in [0, 0.05) is 5.54 Å². The third-order valence-corrected chi connectivity index (χ3v) is 5.30. The van der Waals surface area contributed by atoms with Gasteiger partial charge in [-0.25, -0.2) is 0 Å². The highest BCUT2D eigenvalue weighted by molar-refractivity contribution is 5.82. The van der Waals surface area contributed by atoms with Crippen LogP contribution in [0.25, 0.3) is 0 Å². The van der Waals surface area contributed by atoms with Crippen molar-refractivity contribution in [2.24, 2.45) is 5.41 Å². The Kier molecular flexibility index (Phi) is 2.45. The van der Waals surface area contributed by atoms with Crippen LogP contribution in [-0.4, -0.2) is 29.3 Å². The number of nitrogens with zero attached hydrogens (tertiary/aromatic N) is 1. The van der Waals surface area contributed by atoms with Gasteiger partial charge in [0.05, 0.1) is 6.04 Å². The maximum absolute atomic E-state index is 11.6. The van der Waals surface area contributed by atoms with Crippen molar-refractivity contribution in [1.29, 1.82) is 0 Å². The predicted octanol–water partition coefficient (Wildman–Crippen LogP) is 2.62. The van der Waals surface area contributed by atoms with Crippen molar-refractivity contribution in [3.05, 3.63) is 0 Å². The molecule has 0 radical (unpaired) electrons. The van der Waals surface area contributed by atoms with E-state index in [1.54, 1.807) is 6.92 Å². The van der Waals surface area contributed by atoms with E-state index in [9.17, 15) is 4.79 Å². The second kappa shape index (κ2) is 3.31. The highest BCUT2D eigenvalue weighted by Gasteiger charge is 2.57. The first-order valence-corrected chi connectivity index (χ1v) is 6.14. The molecule has 0 unspecified atom stereocenters. The fraction of sp³-hybridized carbons (Fsp3) is 0.923. The molecule has 2 fully saturated rings. The van der Waals surface area contributed by atoms with Crippen LogP contribution >= 0.6 is 0 Å². The first-order valence-electron chi connectivity index (χ1n) is 6.14. The van der Waals surface area contributed by atoms with Crippen LogP contribution in [0.2, 0.25) is 0 Å². The molecule has 0 aromatic rings. The normalized spacial score (nSPS) is 46.5. The predicted molar refractivity (Wildman–Crippen MR) is 61.8 cm³/mol. The molecule has 0 aromatic heterocycles. The molecule has 2 nitrogen and oxygen atoms in total. The molecule has 2 rings (SSSR count). The number of Topliss-reactive ketones (excluding diaryl/α,β-unsaturated/α-hetero) is 1. The van der Waals surface area contributed by atoms with E-state index in [1.807, 2.05) is 0 Å². The molecule has 0 amide bonds. The summed E-state index contributed by atoms with van der Waals surface area (Å²) in [5, 5.41) is 0. The van der Waals surface area contributed by atoms with Crippen molar-refractivity contribution in [2.45, 2.75) is 64.5 Å². The molecular weight excluding hydrogens is 186 g/mol. The van der Waals surface area contributed by atoms with Crippen molar-refractivity contribution >= 4 is 5.78 Å². The number of hydrogen-bond acceptors (Lipinski definition) is 2. The number of carbonyl (C=O) groups excluding carboxylic acids is 1. The fourth-order valence-corrected chi connectivity index (χ4v) is 3.80. The summed E-state index contributed by atoms with van der Waals surface area (Å²) >= 11 is 0. The Morgan fingerprint density at radius 2 is 1.87 bits per heavy atom. The molecule has 0 N–H and O–H groups in total. The van der Waals surface area contributed by atoms with E-state index in [2.05, 4.69) is 25.8 Å². The van der Waals surface area contributed by atoms with E-state index in [-0.39, 0.29) is 11.6 Å². The van der Waals surface area contributed by atoms with Crippen LogP contribution in [0.15, 0.2) is 0 Å². The highest BCUT2D eigenvalue weighted by atomic mass is 16.1. The lowest BCUT2D eigenvalue weighted by molar-refractivity contribution is -0.121. The Morgan fingerprint density at radius 1 is 1.27 bits per heavy atom. The maximum Gasteiger partial charge on any atom is 0.146 e. The number of likely N-dealkylation sites (tertiary alicyclic amines) is 1. The molecule has 1 aliphatic carbocycles. The van der Waals surface area contributed by atoms with Gasteiger partial charge in [-0.2, -0.15) is 0 Å². The molecule has 15 heavy (non-hydrogen) atoms. The highest BCUT2D eigenvalue weighted by Crippen LogP contribution is 2.55. The Bertz CT molecular complexity index is 288. The second-order valence-electron chi connectivity index (χ2n) is 5.98. The van der Waals surface area contributed by atoms with Gasteiger partial charge in [-0.15, -0.1) is 0 Å². The molecular formula is C13H23NO. The smallest absolute Gasteiger partial charge is 0.146 e. The topological polar surface area (TPSA) is 20.3 Å². The number of ketones is 1. The first kappa shape index (κ1) is 11.1. The van der Waals surface area contributed by atoms with Crippen molar-refractivity contribution < 1.29 is 4.79 Å². The quantitative estimate of drug-likeness (QED) is 0.661. The van der Waals surface area contributed by atoms with E-state index in [0.29, 0.717) is 11.2 Å². The molecule has 1 saturated heterocycles. The first-order chi connectivity index (χ1) is 6.91. The minimum absolute atomic E-state index is 0.165. The molecule has 1 saturated carbocycles. The van der Waals surface area contributed by atoms with E-state index >= 15 is 0 Å². The number of hydrogen-bond donors (Lipinski definition) is 0. The summed E-state index contributed by atoms with van der Waals surface area (Å²) < 4.78 is 0. The molecule has 1 aliphatic heterocycles. The largest absolute Gasteiger partial charge is 0.298 e. The molecule has 0 bridgehead atoms. The summed E-state index contributed by atoms with van der Waals surface area (Å²) in [5.74, 6) is 0.342. The fourth-order valence-electron chi connectivity index (χ4n) is 3.80. The van der Waals surface area contributed by atoms with Crippen LogP contribution < -0.4 is 0 Å². The minimum atomic E-state index is 0.165. The maximum atomic E-state index is 11.6. The summed E-state index contributed by atoms with van der Waals surface area (Å²) in [6, 6.07) is 0.165. The minimum Gasteiger partial charge on any atom is -0.298 e. The average Bonchev–Trinajstić information content (AvgIpc) is 2.38. The standard InChI is InChI=1S/C13H23NO/c1-10(15)11-9-12(2)7-5-6-8-13(12,3)14(11)4/h11H,5-9H2,1-4H3/t11-,12-,13-/m1/s1. The molecule has 0 aromatic carbocycles. The molecule has 86 valence electrons. The lowest BCUT2D eigenvalue weighted by Gasteiger charge is -2.48. The lowest BCUT2D eigenvalue weighted by Crippen LogP contribution is -2.52. The van der Waals surface area contributed by atoms with E-state index in [1.165, 1.54) is 25.7 Å². The van der Waals surface area contributed by atoms with Crippen LogP contribution in [0.1, 0.15) is 52.9 Å². The Morgan fingerprint density at radius 3 is 2.40 bits per heavy atom. The second-order valence-corrected chi connectivity index (χ2v) is 5.98. The van der Waals surface area contributed by atoms with Crippen molar-refractivity contribution in [1.82, 2.24) is 4.90 Å². The molecule has 1 heterocycles. The van der Waals surface area contributed by atoms with Crippen LogP contribution in [-0.2, 0) is 4.79 Å². The lowest BCUT2D eigenvalue weighted by atomic mass is 9.63. The van der Waals surface area contributed by atoms with Crippen LogP contribution in [0.5, 0.6) is 0 Å². The van der Waals surface area contributed by atoms with Gasteiger partial charge in [0.1, 0.15) is 5.78 Å². The van der Waals surface area contributed by atoms with Gasteiger partial charge < -0.3 is 0 Å². The van der Waals surface area contributed by atoms with E-state index < -0.39 is 0 Å². The number of carbonyl (C=O) groups is 1. The molecule has 2 aliphatic rings. The number of fused-ring (bicyclic) bond motifs is 1. The van der Waals surface area contributed by atoms with Crippen LogP contribution in [0.4, 0.5) is 0 Å².